The predicted octanol–water partition coefficient (Wildman–Crippen LogP) is 3.54. The van der Waals surface area contributed by atoms with E-state index >= 15 is 0 Å². The molecule has 0 unspecified atom stereocenters. The molecule has 0 radical (unpaired) electrons. The van der Waals surface area contributed by atoms with Gasteiger partial charge in [0.25, 0.3) is 0 Å². The number of nitrogens with zero attached hydrogens (tertiary/aromatic N) is 3. The van der Waals surface area contributed by atoms with Crippen molar-refractivity contribution in [2.45, 2.75) is 51.9 Å². The van der Waals surface area contributed by atoms with Crippen LogP contribution < -0.4 is 15.2 Å². The Balaban J connectivity index is 1.47. The summed E-state index contributed by atoms with van der Waals surface area (Å²) in [6.07, 6.45) is 1.87. The van der Waals surface area contributed by atoms with Crippen molar-refractivity contribution in [3.63, 3.8) is 0 Å². The van der Waals surface area contributed by atoms with Gasteiger partial charge in [0, 0.05) is 30.0 Å². The van der Waals surface area contributed by atoms with Gasteiger partial charge in [-0.1, -0.05) is 31.2 Å². The Morgan fingerprint density at radius 1 is 1.19 bits per heavy atom. The van der Waals surface area contributed by atoms with Crippen LogP contribution in [0.3, 0.4) is 0 Å². The van der Waals surface area contributed by atoms with Crippen LogP contribution in [0.1, 0.15) is 47.1 Å². The van der Waals surface area contributed by atoms with Crippen molar-refractivity contribution in [3.05, 3.63) is 57.3 Å². The fraction of sp³-hybridized carbons (Fsp3) is 0.409. The molecule has 4 rings (SSSR count). The first-order chi connectivity index (χ1) is 15.0. The first-order valence-electron chi connectivity index (χ1n) is 10.3. The van der Waals surface area contributed by atoms with Crippen molar-refractivity contribution in [1.29, 1.82) is 0 Å². The number of hydrogen-bond donors (Lipinski definition) is 1. The van der Waals surface area contributed by atoms with Crippen molar-refractivity contribution in [2.75, 3.05) is 12.5 Å². The number of ether oxygens (including phenoxy) is 2. The monoisotopic (exact) mass is 442 g/mol. The first kappa shape index (κ1) is 21.3. The van der Waals surface area contributed by atoms with E-state index < -0.39 is 0 Å². The second kappa shape index (κ2) is 9.05. The highest BCUT2D eigenvalue weighted by Gasteiger charge is 2.19. The molecule has 1 aliphatic rings. The zero-order valence-corrected chi connectivity index (χ0v) is 18.8. The van der Waals surface area contributed by atoms with Crippen molar-refractivity contribution in [1.82, 2.24) is 19.3 Å². The Morgan fingerprint density at radius 3 is 2.81 bits per heavy atom. The van der Waals surface area contributed by atoms with Crippen LogP contribution in [-0.4, -0.2) is 37.7 Å². The van der Waals surface area contributed by atoms with Crippen LogP contribution in [0.25, 0.3) is 0 Å². The molecular weight excluding hydrogens is 416 g/mol. The molecule has 9 heteroatoms. The number of carbonyl (C=O) groups excluding carboxylic acids is 1. The summed E-state index contributed by atoms with van der Waals surface area (Å²) in [5.74, 6) is 1.76. The van der Waals surface area contributed by atoms with E-state index in [1.165, 1.54) is 11.8 Å². The smallest absolute Gasteiger partial charge is 0.343 e. The second-order valence-electron chi connectivity index (χ2n) is 7.59. The molecule has 0 fully saturated rings. The number of Topliss-reactive ketones (excluding diaryl/α,β-unsaturated/α-hetero) is 1. The standard InChI is InChI=1S/C22H26N4O4S/c1-4-5-8-25-21(28)23-24-22(25)31-12-18(27)17-9-14(2)26(15(17)3)11-16-6-7-19-20(10-16)30-13-29-19/h6-7,9-10H,4-5,8,11-13H2,1-3H3,(H,23,28). The highest BCUT2D eigenvalue weighted by atomic mass is 32.2. The third-order valence-corrected chi connectivity index (χ3v) is 6.42. The van der Waals surface area contributed by atoms with Crippen molar-refractivity contribution in [3.8, 4) is 11.5 Å². The molecule has 0 spiro atoms. The number of aryl methyl sites for hydroxylation is 1. The van der Waals surface area contributed by atoms with Gasteiger partial charge in [0.05, 0.1) is 5.75 Å². The maximum atomic E-state index is 12.9. The van der Waals surface area contributed by atoms with Gasteiger partial charge in [0.1, 0.15) is 0 Å². The normalized spacial score (nSPS) is 12.5. The third kappa shape index (κ3) is 4.41. The lowest BCUT2D eigenvalue weighted by Crippen LogP contribution is -2.18. The Morgan fingerprint density at radius 2 is 2.00 bits per heavy atom. The van der Waals surface area contributed by atoms with Crippen LogP contribution in [-0.2, 0) is 13.1 Å². The molecule has 0 amide bonds. The number of fused-ring (bicyclic) bond motifs is 1. The number of benzene rings is 1. The first-order valence-corrected chi connectivity index (χ1v) is 11.3. The SMILES string of the molecule is CCCCn1c(SCC(=O)c2cc(C)n(Cc3ccc4c(c3)OCO4)c2C)n[nH]c1=O. The number of hydrogen-bond acceptors (Lipinski definition) is 6. The number of ketones is 1. The maximum absolute atomic E-state index is 12.9. The molecule has 1 aromatic carbocycles. The third-order valence-electron chi connectivity index (χ3n) is 5.44. The van der Waals surface area contributed by atoms with Crippen molar-refractivity contribution in [2.24, 2.45) is 0 Å². The summed E-state index contributed by atoms with van der Waals surface area (Å²) in [6, 6.07) is 7.83. The fourth-order valence-electron chi connectivity index (χ4n) is 3.68. The Hall–Kier alpha value is -2.94. The van der Waals surface area contributed by atoms with Gasteiger partial charge in [0.15, 0.2) is 22.4 Å². The molecule has 0 saturated heterocycles. The van der Waals surface area contributed by atoms with Gasteiger partial charge in [-0.15, -0.1) is 5.10 Å². The number of thioether (sulfide) groups is 1. The number of nitrogens with one attached hydrogen (secondary N) is 1. The summed E-state index contributed by atoms with van der Waals surface area (Å²) in [7, 11) is 0. The number of unbranched alkanes of at least 4 members (excludes halogenated alkanes) is 1. The highest BCUT2D eigenvalue weighted by Crippen LogP contribution is 2.33. The topological polar surface area (TPSA) is 91.1 Å². The van der Waals surface area contributed by atoms with Gasteiger partial charge in [-0.3, -0.25) is 9.36 Å². The van der Waals surface area contributed by atoms with E-state index in [1.54, 1.807) is 4.57 Å². The maximum Gasteiger partial charge on any atom is 0.343 e. The van der Waals surface area contributed by atoms with Gasteiger partial charge in [-0.25, -0.2) is 9.89 Å². The van der Waals surface area contributed by atoms with Crippen molar-refractivity contribution >= 4 is 17.5 Å². The average Bonchev–Trinajstić information content (AvgIpc) is 3.44. The lowest BCUT2D eigenvalue weighted by Gasteiger charge is -2.11. The van der Waals surface area contributed by atoms with Crippen LogP contribution in [0, 0.1) is 13.8 Å². The Bertz CT molecular complexity index is 1160. The van der Waals surface area contributed by atoms with Crippen LogP contribution in [0.15, 0.2) is 34.2 Å². The highest BCUT2D eigenvalue weighted by molar-refractivity contribution is 7.99. The summed E-state index contributed by atoms with van der Waals surface area (Å²) in [4.78, 5) is 24.9. The quantitative estimate of drug-likeness (QED) is 0.403. The van der Waals surface area contributed by atoms with Crippen LogP contribution in [0.4, 0.5) is 0 Å². The minimum absolute atomic E-state index is 0.0209. The van der Waals surface area contributed by atoms with E-state index in [0.717, 1.165) is 41.3 Å². The van der Waals surface area contributed by atoms with E-state index in [9.17, 15) is 9.59 Å². The van der Waals surface area contributed by atoms with Crippen LogP contribution in [0.5, 0.6) is 11.5 Å². The molecule has 8 nitrogen and oxygen atoms in total. The number of carbonyl (C=O) groups is 1. The molecule has 3 aromatic rings. The summed E-state index contributed by atoms with van der Waals surface area (Å²) in [5, 5.41) is 7.11. The number of H-pyrrole nitrogens is 1. The van der Waals surface area contributed by atoms with Gasteiger partial charge in [0.2, 0.25) is 6.79 Å². The zero-order valence-electron chi connectivity index (χ0n) is 17.9. The molecule has 1 N–H and O–H groups in total. The van der Waals surface area contributed by atoms with E-state index in [2.05, 4.69) is 21.7 Å². The summed E-state index contributed by atoms with van der Waals surface area (Å²) >= 11 is 1.29. The molecule has 164 valence electrons. The largest absolute Gasteiger partial charge is 0.454 e. The fourth-order valence-corrected chi connectivity index (χ4v) is 4.54. The minimum atomic E-state index is -0.231. The molecule has 3 heterocycles. The van der Waals surface area contributed by atoms with Crippen molar-refractivity contribution < 1.29 is 14.3 Å². The number of aromatic amines is 1. The van der Waals surface area contributed by atoms with Gasteiger partial charge < -0.3 is 14.0 Å². The van der Waals surface area contributed by atoms with E-state index in [-0.39, 0.29) is 24.0 Å². The van der Waals surface area contributed by atoms with E-state index in [0.29, 0.717) is 23.8 Å². The predicted molar refractivity (Wildman–Crippen MR) is 118 cm³/mol. The molecule has 1 aliphatic heterocycles. The second-order valence-corrected chi connectivity index (χ2v) is 8.53. The van der Waals surface area contributed by atoms with Gasteiger partial charge in [-0.05, 0) is 44.0 Å². The minimum Gasteiger partial charge on any atom is -0.454 e. The molecule has 0 bridgehead atoms. The van der Waals surface area contributed by atoms with Crippen LogP contribution in [0.2, 0.25) is 0 Å². The Kier molecular flexibility index (Phi) is 6.22. The zero-order chi connectivity index (χ0) is 22.0. The summed E-state index contributed by atoms with van der Waals surface area (Å²) in [5.41, 5.74) is 3.49. The average molecular weight is 443 g/mol. The molecule has 31 heavy (non-hydrogen) atoms. The van der Waals surface area contributed by atoms with E-state index in [1.807, 2.05) is 38.1 Å². The summed E-state index contributed by atoms with van der Waals surface area (Å²) in [6.45, 7) is 7.53. The molecular formula is C22H26N4O4S. The molecule has 2 aromatic heterocycles. The lowest BCUT2D eigenvalue weighted by atomic mass is 10.1. The van der Waals surface area contributed by atoms with Crippen LogP contribution >= 0.6 is 11.8 Å². The summed E-state index contributed by atoms with van der Waals surface area (Å²) < 4.78 is 14.6. The molecule has 0 atom stereocenters. The number of rotatable bonds is 9. The molecule has 0 aliphatic carbocycles. The van der Waals surface area contributed by atoms with Gasteiger partial charge in [-0.2, -0.15) is 0 Å². The van der Waals surface area contributed by atoms with Gasteiger partial charge >= 0.3 is 5.69 Å². The Labute approximate surface area is 184 Å². The lowest BCUT2D eigenvalue weighted by molar-refractivity contribution is 0.102. The number of aromatic nitrogens is 4. The van der Waals surface area contributed by atoms with E-state index in [4.69, 9.17) is 9.47 Å². The molecule has 0 saturated carbocycles.